The number of methoxy groups -OCH3 is 1. The highest BCUT2D eigenvalue weighted by atomic mass is 16.5. The van der Waals surface area contributed by atoms with E-state index in [-0.39, 0.29) is 0 Å². The van der Waals surface area contributed by atoms with Crippen molar-refractivity contribution in [2.24, 2.45) is 11.8 Å². The summed E-state index contributed by atoms with van der Waals surface area (Å²) in [4.78, 5) is 0. The van der Waals surface area contributed by atoms with Gasteiger partial charge in [-0.25, -0.2) is 0 Å². The molecule has 4 unspecified atom stereocenters. The lowest BCUT2D eigenvalue weighted by atomic mass is 9.72. The fourth-order valence-corrected chi connectivity index (χ4v) is 3.83. The number of anilines is 1. The average Bonchev–Trinajstić information content (AvgIpc) is 2.51. The third-order valence-electron chi connectivity index (χ3n) is 4.75. The highest BCUT2D eigenvalue weighted by Gasteiger charge is 2.41. The van der Waals surface area contributed by atoms with Gasteiger partial charge >= 0.3 is 0 Å². The predicted molar refractivity (Wildman–Crippen MR) is 80.9 cm³/mol. The van der Waals surface area contributed by atoms with E-state index in [4.69, 9.17) is 9.47 Å². The van der Waals surface area contributed by atoms with Crippen LogP contribution in [0.25, 0.3) is 0 Å². The lowest BCUT2D eigenvalue weighted by Crippen LogP contribution is -2.50. The van der Waals surface area contributed by atoms with E-state index in [1.807, 2.05) is 0 Å². The number of rotatable bonds is 4. The smallest absolute Gasteiger partial charge is 0.0672 e. The molecule has 0 aromatic heterocycles. The van der Waals surface area contributed by atoms with Crippen LogP contribution in [0.5, 0.6) is 0 Å². The van der Waals surface area contributed by atoms with Crippen LogP contribution in [0.2, 0.25) is 0 Å². The Kier molecular flexibility index (Phi) is 4.58. The van der Waals surface area contributed by atoms with Gasteiger partial charge < -0.3 is 14.8 Å². The van der Waals surface area contributed by atoms with E-state index < -0.39 is 0 Å². The Labute approximate surface area is 121 Å². The summed E-state index contributed by atoms with van der Waals surface area (Å²) in [5.41, 5.74) is 1.23. The van der Waals surface area contributed by atoms with E-state index in [1.54, 1.807) is 7.11 Å². The summed E-state index contributed by atoms with van der Waals surface area (Å²) >= 11 is 0. The zero-order valence-corrected chi connectivity index (χ0v) is 12.3. The molecule has 3 rings (SSSR count). The van der Waals surface area contributed by atoms with E-state index >= 15 is 0 Å². The fourth-order valence-electron chi connectivity index (χ4n) is 3.83. The SMILES string of the molecule is COCC1CCC(Nc2ccccc2)C2CCCOC12. The lowest BCUT2D eigenvalue weighted by molar-refractivity contribution is -0.0991. The number of benzene rings is 1. The standard InChI is InChI=1S/C17H25NO2/c1-19-12-13-9-10-16(15-8-5-11-20-17(13)15)18-14-6-3-2-4-7-14/h2-4,6-7,13,15-18H,5,8-12H2,1H3. The normalized spacial score (nSPS) is 33.5. The minimum atomic E-state index is 0.374. The van der Waals surface area contributed by atoms with E-state index in [2.05, 4.69) is 35.6 Å². The Morgan fingerprint density at radius 1 is 1.20 bits per heavy atom. The second-order valence-electron chi connectivity index (χ2n) is 6.05. The number of fused-ring (bicyclic) bond motifs is 1. The molecule has 1 saturated carbocycles. The molecule has 20 heavy (non-hydrogen) atoms. The molecular formula is C17H25NO2. The van der Waals surface area contributed by atoms with Crippen molar-refractivity contribution in [1.82, 2.24) is 0 Å². The van der Waals surface area contributed by atoms with Gasteiger partial charge in [0, 0.05) is 37.3 Å². The summed E-state index contributed by atoms with van der Waals surface area (Å²) in [6.45, 7) is 1.75. The van der Waals surface area contributed by atoms with Gasteiger partial charge in [0.25, 0.3) is 0 Å². The van der Waals surface area contributed by atoms with Crippen molar-refractivity contribution in [1.29, 1.82) is 0 Å². The largest absolute Gasteiger partial charge is 0.384 e. The van der Waals surface area contributed by atoms with E-state index in [0.717, 1.165) is 13.2 Å². The summed E-state index contributed by atoms with van der Waals surface area (Å²) in [7, 11) is 1.80. The van der Waals surface area contributed by atoms with E-state index in [9.17, 15) is 0 Å². The molecule has 2 fully saturated rings. The van der Waals surface area contributed by atoms with Crippen LogP contribution < -0.4 is 5.32 Å². The average molecular weight is 275 g/mol. The maximum Gasteiger partial charge on any atom is 0.0672 e. The Morgan fingerprint density at radius 2 is 2.05 bits per heavy atom. The predicted octanol–water partition coefficient (Wildman–Crippen LogP) is 3.32. The van der Waals surface area contributed by atoms with Crippen molar-refractivity contribution < 1.29 is 9.47 Å². The van der Waals surface area contributed by atoms with Crippen molar-refractivity contribution in [3.8, 4) is 0 Å². The summed E-state index contributed by atoms with van der Waals surface area (Å²) < 4.78 is 11.5. The molecule has 0 amide bonds. The summed E-state index contributed by atoms with van der Waals surface area (Å²) in [6, 6.07) is 11.1. The Morgan fingerprint density at radius 3 is 2.85 bits per heavy atom. The number of ether oxygens (including phenoxy) is 2. The van der Waals surface area contributed by atoms with Crippen LogP contribution in [0.1, 0.15) is 25.7 Å². The number of para-hydroxylation sites is 1. The van der Waals surface area contributed by atoms with Crippen molar-refractivity contribution in [3.63, 3.8) is 0 Å². The van der Waals surface area contributed by atoms with E-state index in [1.165, 1.54) is 31.4 Å². The molecule has 1 N–H and O–H groups in total. The first-order valence-corrected chi connectivity index (χ1v) is 7.80. The molecule has 1 aromatic carbocycles. The van der Waals surface area contributed by atoms with Gasteiger partial charge in [0.1, 0.15) is 0 Å². The second kappa shape index (κ2) is 6.59. The maximum atomic E-state index is 6.09. The molecule has 0 spiro atoms. The first-order valence-electron chi connectivity index (χ1n) is 7.80. The minimum absolute atomic E-state index is 0.374. The van der Waals surface area contributed by atoms with Gasteiger partial charge in [-0.05, 0) is 37.8 Å². The topological polar surface area (TPSA) is 30.5 Å². The molecule has 1 heterocycles. The summed E-state index contributed by atoms with van der Waals surface area (Å²) in [5, 5.41) is 3.72. The number of hydrogen-bond acceptors (Lipinski definition) is 3. The molecule has 2 aliphatic rings. The van der Waals surface area contributed by atoms with Crippen molar-refractivity contribution >= 4 is 5.69 Å². The Balaban J connectivity index is 1.69. The molecule has 0 bridgehead atoms. The summed E-state index contributed by atoms with van der Waals surface area (Å²) in [6.07, 6.45) is 5.24. The second-order valence-corrected chi connectivity index (χ2v) is 6.05. The molecule has 1 aliphatic heterocycles. The zero-order valence-electron chi connectivity index (χ0n) is 12.3. The first-order chi connectivity index (χ1) is 9.88. The zero-order chi connectivity index (χ0) is 13.8. The van der Waals surface area contributed by atoms with Crippen molar-refractivity contribution in [2.45, 2.75) is 37.8 Å². The van der Waals surface area contributed by atoms with Gasteiger partial charge in [-0.1, -0.05) is 18.2 Å². The van der Waals surface area contributed by atoms with Crippen molar-refractivity contribution in [3.05, 3.63) is 30.3 Å². The quantitative estimate of drug-likeness (QED) is 0.914. The van der Waals surface area contributed by atoms with Crippen LogP contribution >= 0.6 is 0 Å². The molecule has 1 aromatic rings. The molecular weight excluding hydrogens is 250 g/mol. The highest BCUT2D eigenvalue weighted by molar-refractivity contribution is 5.43. The molecule has 1 aliphatic carbocycles. The van der Waals surface area contributed by atoms with E-state index in [0.29, 0.717) is 24.0 Å². The van der Waals surface area contributed by atoms with Crippen LogP contribution in [-0.2, 0) is 9.47 Å². The molecule has 0 radical (unpaired) electrons. The van der Waals surface area contributed by atoms with Gasteiger partial charge in [0.2, 0.25) is 0 Å². The van der Waals surface area contributed by atoms with Crippen LogP contribution in [0.15, 0.2) is 30.3 Å². The Hall–Kier alpha value is -1.06. The van der Waals surface area contributed by atoms with Gasteiger partial charge in [0.05, 0.1) is 12.7 Å². The lowest BCUT2D eigenvalue weighted by Gasteiger charge is -2.45. The third-order valence-corrected chi connectivity index (χ3v) is 4.75. The molecule has 3 nitrogen and oxygen atoms in total. The first kappa shape index (κ1) is 13.9. The Bertz CT molecular complexity index is 409. The molecule has 4 atom stereocenters. The minimum Gasteiger partial charge on any atom is -0.384 e. The third kappa shape index (κ3) is 2.99. The molecule has 110 valence electrons. The molecule has 3 heteroatoms. The maximum absolute atomic E-state index is 6.09. The molecule has 1 saturated heterocycles. The van der Waals surface area contributed by atoms with Gasteiger partial charge in [-0.15, -0.1) is 0 Å². The highest BCUT2D eigenvalue weighted by Crippen LogP contribution is 2.38. The fraction of sp³-hybridized carbons (Fsp3) is 0.647. The number of hydrogen-bond donors (Lipinski definition) is 1. The van der Waals surface area contributed by atoms with Crippen LogP contribution in [0.3, 0.4) is 0 Å². The number of nitrogens with one attached hydrogen (secondary N) is 1. The van der Waals surface area contributed by atoms with Crippen LogP contribution in [-0.4, -0.2) is 32.5 Å². The van der Waals surface area contributed by atoms with Crippen molar-refractivity contribution in [2.75, 3.05) is 25.6 Å². The van der Waals surface area contributed by atoms with Crippen LogP contribution in [0.4, 0.5) is 5.69 Å². The van der Waals surface area contributed by atoms with Gasteiger partial charge in [-0.2, -0.15) is 0 Å². The van der Waals surface area contributed by atoms with Gasteiger partial charge in [-0.3, -0.25) is 0 Å². The van der Waals surface area contributed by atoms with Crippen LogP contribution in [0, 0.1) is 11.8 Å². The van der Waals surface area contributed by atoms with Gasteiger partial charge in [0.15, 0.2) is 0 Å². The monoisotopic (exact) mass is 275 g/mol. The summed E-state index contributed by atoms with van der Waals surface area (Å²) in [5.74, 6) is 1.19.